The molecule has 0 saturated heterocycles. The molecule has 0 saturated carbocycles. The summed E-state index contributed by atoms with van der Waals surface area (Å²) in [7, 11) is 0. The van der Waals surface area contributed by atoms with Gasteiger partial charge in [0.05, 0.1) is 5.41 Å². The SMILES string of the molecule is CC(C)(C)c1ccc(C(c2ccc(C(C)(C)C)cc2)(c2ccc(C(C)(C)C)cc2)C(c2ccccc2)c2ccccc2)cc1. The Kier molecular flexibility index (Phi) is 8.52. The van der Waals surface area contributed by atoms with Gasteiger partial charge in [-0.2, -0.15) is 0 Å². The smallest absolute Gasteiger partial charge is 0.0560 e. The van der Waals surface area contributed by atoms with Gasteiger partial charge in [0.2, 0.25) is 0 Å². The van der Waals surface area contributed by atoms with Gasteiger partial charge in [0.1, 0.15) is 0 Å². The quantitative estimate of drug-likeness (QED) is 0.176. The van der Waals surface area contributed by atoms with Crippen LogP contribution in [-0.2, 0) is 21.7 Å². The average Bonchev–Trinajstić information content (AvgIpc) is 3.00. The zero-order chi connectivity index (χ0) is 31.8. The minimum absolute atomic E-state index is 0.0337. The van der Waals surface area contributed by atoms with Crippen molar-refractivity contribution in [3.8, 4) is 0 Å². The molecule has 0 aromatic heterocycles. The lowest BCUT2D eigenvalue weighted by molar-refractivity contribution is 0.531. The normalized spacial score (nSPS) is 12.9. The average molecular weight is 579 g/mol. The molecular weight excluding hydrogens is 528 g/mol. The van der Waals surface area contributed by atoms with Gasteiger partial charge in [0, 0.05) is 5.92 Å². The minimum atomic E-state index is -0.494. The van der Waals surface area contributed by atoms with Gasteiger partial charge in [-0.15, -0.1) is 0 Å². The van der Waals surface area contributed by atoms with Crippen LogP contribution >= 0.6 is 0 Å². The molecule has 0 heterocycles. The Morgan fingerprint density at radius 3 is 0.750 bits per heavy atom. The Morgan fingerprint density at radius 2 is 0.523 bits per heavy atom. The Hall–Kier alpha value is -3.90. The number of hydrogen-bond donors (Lipinski definition) is 0. The van der Waals surface area contributed by atoms with Gasteiger partial charge < -0.3 is 0 Å². The van der Waals surface area contributed by atoms with Crippen molar-refractivity contribution < 1.29 is 0 Å². The fourth-order valence-electron chi connectivity index (χ4n) is 6.68. The molecule has 0 amide bonds. The Balaban J connectivity index is 1.93. The monoisotopic (exact) mass is 578 g/mol. The third kappa shape index (κ3) is 6.18. The van der Waals surface area contributed by atoms with Crippen LogP contribution in [0.15, 0.2) is 133 Å². The lowest BCUT2D eigenvalue weighted by Gasteiger charge is -2.44. The summed E-state index contributed by atoms with van der Waals surface area (Å²) in [5, 5.41) is 0. The van der Waals surface area contributed by atoms with Crippen LogP contribution in [0.3, 0.4) is 0 Å². The molecule has 5 aromatic carbocycles. The molecule has 0 nitrogen and oxygen atoms in total. The number of rotatable bonds is 6. The van der Waals surface area contributed by atoms with Crippen LogP contribution in [0.1, 0.15) is 113 Å². The van der Waals surface area contributed by atoms with Crippen LogP contribution in [0, 0.1) is 0 Å². The molecule has 0 aliphatic rings. The summed E-state index contributed by atoms with van der Waals surface area (Å²) in [5.41, 5.74) is 10.3. The van der Waals surface area contributed by atoms with E-state index in [0.717, 1.165) is 0 Å². The van der Waals surface area contributed by atoms with E-state index >= 15 is 0 Å². The van der Waals surface area contributed by atoms with Crippen LogP contribution in [0.2, 0.25) is 0 Å². The van der Waals surface area contributed by atoms with Crippen molar-refractivity contribution in [3.05, 3.63) is 178 Å². The van der Waals surface area contributed by atoms with Gasteiger partial charge >= 0.3 is 0 Å². The maximum absolute atomic E-state index is 2.40. The zero-order valence-corrected chi connectivity index (χ0v) is 28.3. The summed E-state index contributed by atoms with van der Waals surface area (Å²) in [4.78, 5) is 0. The molecule has 0 aliphatic carbocycles. The molecule has 0 fully saturated rings. The second-order valence-corrected chi connectivity index (χ2v) is 15.5. The van der Waals surface area contributed by atoms with Crippen LogP contribution in [-0.4, -0.2) is 0 Å². The van der Waals surface area contributed by atoms with Gasteiger partial charge in [0.15, 0.2) is 0 Å². The van der Waals surface area contributed by atoms with Crippen LogP contribution in [0.4, 0.5) is 0 Å². The Morgan fingerprint density at radius 1 is 0.295 bits per heavy atom. The first kappa shape index (κ1) is 31.5. The van der Waals surface area contributed by atoms with Gasteiger partial charge in [0.25, 0.3) is 0 Å². The van der Waals surface area contributed by atoms with Crippen molar-refractivity contribution in [2.24, 2.45) is 0 Å². The maximum atomic E-state index is 2.40. The Labute approximate surface area is 267 Å². The van der Waals surface area contributed by atoms with E-state index in [0.29, 0.717) is 0 Å². The van der Waals surface area contributed by atoms with E-state index in [9.17, 15) is 0 Å². The minimum Gasteiger partial charge on any atom is -0.0622 e. The summed E-state index contributed by atoms with van der Waals surface area (Å²) in [6, 6.07) is 50.7. The fourth-order valence-corrected chi connectivity index (χ4v) is 6.68. The van der Waals surface area contributed by atoms with Crippen molar-refractivity contribution in [1.82, 2.24) is 0 Å². The molecule has 0 aliphatic heterocycles. The van der Waals surface area contributed by atoms with Gasteiger partial charge in [-0.25, -0.2) is 0 Å². The summed E-state index contributed by atoms with van der Waals surface area (Å²) in [6.07, 6.45) is 0. The highest BCUT2D eigenvalue weighted by Crippen LogP contribution is 2.53. The molecule has 0 bridgehead atoms. The van der Waals surface area contributed by atoms with E-state index in [1.54, 1.807) is 0 Å². The molecule has 44 heavy (non-hydrogen) atoms. The van der Waals surface area contributed by atoms with Crippen molar-refractivity contribution in [2.75, 3.05) is 0 Å². The molecular formula is C44H50. The third-order valence-corrected chi connectivity index (χ3v) is 9.32. The molecule has 0 unspecified atom stereocenters. The molecule has 0 N–H and O–H groups in total. The molecule has 0 radical (unpaired) electrons. The standard InChI is InChI=1S/C44H50/c1-41(2,3)34-20-26-37(27-21-34)44(38-28-22-35(23-29-38)42(4,5)6,39-30-24-36(25-31-39)43(7,8)9)40(32-16-12-10-13-17-32)33-18-14-11-15-19-33/h10-31,40H,1-9H3. The first-order valence-electron chi connectivity index (χ1n) is 16.2. The van der Waals surface area contributed by atoms with E-state index in [2.05, 4.69) is 196 Å². The molecule has 0 heteroatoms. The largest absolute Gasteiger partial charge is 0.0622 e. The van der Waals surface area contributed by atoms with E-state index in [1.807, 2.05) is 0 Å². The van der Waals surface area contributed by atoms with Crippen LogP contribution < -0.4 is 0 Å². The third-order valence-electron chi connectivity index (χ3n) is 9.32. The van der Waals surface area contributed by atoms with Crippen molar-refractivity contribution >= 4 is 0 Å². The van der Waals surface area contributed by atoms with Crippen molar-refractivity contribution in [2.45, 2.75) is 89.9 Å². The highest BCUT2D eigenvalue weighted by Gasteiger charge is 2.45. The molecule has 226 valence electrons. The van der Waals surface area contributed by atoms with Gasteiger partial charge in [-0.1, -0.05) is 196 Å². The molecule has 0 atom stereocenters. The second kappa shape index (κ2) is 11.9. The van der Waals surface area contributed by atoms with E-state index in [1.165, 1.54) is 44.5 Å². The lowest BCUT2D eigenvalue weighted by Crippen LogP contribution is -2.37. The van der Waals surface area contributed by atoms with Crippen LogP contribution in [0.25, 0.3) is 0 Å². The topological polar surface area (TPSA) is 0 Å². The van der Waals surface area contributed by atoms with E-state index in [-0.39, 0.29) is 22.2 Å². The highest BCUT2D eigenvalue weighted by atomic mass is 14.5. The summed E-state index contributed by atoms with van der Waals surface area (Å²) < 4.78 is 0. The molecule has 0 spiro atoms. The molecule has 5 aromatic rings. The lowest BCUT2D eigenvalue weighted by atomic mass is 9.57. The zero-order valence-electron chi connectivity index (χ0n) is 28.3. The van der Waals surface area contributed by atoms with Gasteiger partial charge in [-0.3, -0.25) is 0 Å². The first-order chi connectivity index (χ1) is 20.7. The van der Waals surface area contributed by atoms with E-state index < -0.39 is 5.41 Å². The fraction of sp³-hybridized carbons (Fsp3) is 0.318. The maximum Gasteiger partial charge on any atom is 0.0560 e. The van der Waals surface area contributed by atoms with Crippen LogP contribution in [0.5, 0.6) is 0 Å². The first-order valence-corrected chi connectivity index (χ1v) is 16.2. The summed E-state index contributed by atoms with van der Waals surface area (Å²) >= 11 is 0. The summed E-state index contributed by atoms with van der Waals surface area (Å²) in [5.74, 6) is 0.0337. The van der Waals surface area contributed by atoms with Crippen molar-refractivity contribution in [1.29, 1.82) is 0 Å². The number of hydrogen-bond acceptors (Lipinski definition) is 0. The molecule has 5 rings (SSSR count). The predicted molar refractivity (Wildman–Crippen MR) is 190 cm³/mol. The number of benzene rings is 5. The van der Waals surface area contributed by atoms with E-state index in [4.69, 9.17) is 0 Å². The summed E-state index contributed by atoms with van der Waals surface area (Å²) in [6.45, 7) is 20.6. The second-order valence-electron chi connectivity index (χ2n) is 15.5. The Bertz CT molecular complexity index is 1450. The van der Waals surface area contributed by atoms with Crippen molar-refractivity contribution in [3.63, 3.8) is 0 Å². The highest BCUT2D eigenvalue weighted by molar-refractivity contribution is 5.59. The van der Waals surface area contributed by atoms with Gasteiger partial charge in [-0.05, 0) is 60.8 Å². The predicted octanol–water partition coefficient (Wildman–Crippen LogP) is 11.7.